The van der Waals surface area contributed by atoms with Crippen LogP contribution in [-0.2, 0) is 11.3 Å². The first-order valence-corrected chi connectivity index (χ1v) is 5.31. The lowest BCUT2D eigenvalue weighted by Crippen LogP contribution is -2.44. The third-order valence-electron chi connectivity index (χ3n) is 2.37. The normalized spacial score (nSPS) is 12.8. The second-order valence-corrected chi connectivity index (χ2v) is 3.97. The van der Waals surface area contributed by atoms with E-state index in [9.17, 15) is 30.7 Å². The summed E-state index contributed by atoms with van der Waals surface area (Å²) in [4.78, 5) is 0. The molecule has 0 fully saturated rings. The van der Waals surface area contributed by atoms with Crippen molar-refractivity contribution in [1.29, 1.82) is 5.41 Å². The first kappa shape index (κ1) is 17.2. The molecule has 0 saturated heterocycles. The highest BCUT2D eigenvalue weighted by Gasteiger charge is 2.58. The van der Waals surface area contributed by atoms with E-state index in [2.05, 4.69) is 4.74 Å². The van der Waals surface area contributed by atoms with E-state index in [-0.39, 0.29) is 0 Å². The Hall–Kier alpha value is -1.84. The van der Waals surface area contributed by atoms with Gasteiger partial charge in [-0.3, -0.25) is 5.41 Å². The van der Waals surface area contributed by atoms with Crippen LogP contribution < -0.4 is 5.73 Å². The molecule has 1 aromatic carbocycles. The fraction of sp³-hybridized carbons (Fsp3) is 0.364. The number of hydrogen-bond donors (Lipinski definition) is 2. The van der Waals surface area contributed by atoms with Crippen molar-refractivity contribution in [3.8, 4) is 0 Å². The molecule has 0 aliphatic carbocycles. The smallest absolute Gasteiger partial charge is 0.384 e. The first-order valence-electron chi connectivity index (χ1n) is 5.31. The van der Waals surface area contributed by atoms with Gasteiger partial charge in [-0.15, -0.1) is 0 Å². The number of halogens is 7. The van der Waals surface area contributed by atoms with Crippen molar-refractivity contribution in [1.82, 2.24) is 0 Å². The molecule has 0 aromatic heterocycles. The molecular formula is C11H9F7N2O. The van der Waals surface area contributed by atoms with Gasteiger partial charge in [-0.25, -0.2) is 4.39 Å². The van der Waals surface area contributed by atoms with Crippen LogP contribution in [0.4, 0.5) is 30.7 Å². The van der Waals surface area contributed by atoms with Gasteiger partial charge in [0.15, 0.2) is 0 Å². The van der Waals surface area contributed by atoms with Gasteiger partial charge in [0.1, 0.15) is 11.7 Å². The van der Waals surface area contributed by atoms with Crippen LogP contribution >= 0.6 is 0 Å². The molecule has 1 rings (SSSR count). The van der Waals surface area contributed by atoms with Crippen molar-refractivity contribution >= 4 is 5.84 Å². The number of rotatable bonds is 4. The molecule has 0 aliphatic rings. The standard InChI is InChI=1S/C11H9F7N2O/c12-7-5(2-1-3-6(7)8(19)20)4-21-9(10(13,14)15)11(16,17)18/h1-3,9H,4H2,(H3,19,20). The topological polar surface area (TPSA) is 59.1 Å². The Balaban J connectivity index is 2.97. The van der Waals surface area contributed by atoms with Crippen LogP contribution in [0, 0.1) is 11.2 Å². The highest BCUT2D eigenvalue weighted by Crippen LogP contribution is 2.36. The molecule has 0 spiro atoms. The molecule has 0 saturated carbocycles. The van der Waals surface area contributed by atoms with Gasteiger partial charge in [-0.05, 0) is 6.07 Å². The van der Waals surface area contributed by atoms with Crippen LogP contribution in [0.2, 0.25) is 0 Å². The van der Waals surface area contributed by atoms with E-state index in [0.717, 1.165) is 18.2 Å². The summed E-state index contributed by atoms with van der Waals surface area (Å²) in [6.45, 7) is -1.27. The van der Waals surface area contributed by atoms with E-state index < -0.39 is 47.8 Å². The molecular weight excluding hydrogens is 309 g/mol. The van der Waals surface area contributed by atoms with Gasteiger partial charge in [-0.2, -0.15) is 26.3 Å². The van der Waals surface area contributed by atoms with Crippen LogP contribution in [0.15, 0.2) is 18.2 Å². The summed E-state index contributed by atoms with van der Waals surface area (Å²) >= 11 is 0. The number of nitrogens with two attached hydrogens (primary N) is 1. The molecule has 118 valence electrons. The van der Waals surface area contributed by atoms with Gasteiger partial charge in [0.05, 0.1) is 12.2 Å². The zero-order chi connectivity index (χ0) is 16.4. The molecule has 3 N–H and O–H groups in total. The Kier molecular flexibility index (Phi) is 4.82. The first-order chi connectivity index (χ1) is 9.44. The maximum absolute atomic E-state index is 13.7. The van der Waals surface area contributed by atoms with Gasteiger partial charge in [0.2, 0.25) is 6.10 Å². The summed E-state index contributed by atoms with van der Waals surface area (Å²) in [5.41, 5.74) is 4.01. The lowest BCUT2D eigenvalue weighted by Gasteiger charge is -2.23. The van der Waals surface area contributed by atoms with Crippen LogP contribution in [0.5, 0.6) is 0 Å². The third kappa shape index (κ3) is 4.31. The van der Waals surface area contributed by atoms with Crippen molar-refractivity contribution < 1.29 is 35.5 Å². The van der Waals surface area contributed by atoms with E-state index in [1.54, 1.807) is 0 Å². The number of ether oxygens (including phenoxy) is 1. The molecule has 3 nitrogen and oxygen atoms in total. The van der Waals surface area contributed by atoms with E-state index in [0.29, 0.717) is 0 Å². The maximum Gasteiger partial charge on any atom is 0.423 e. The molecule has 21 heavy (non-hydrogen) atoms. The fourth-order valence-electron chi connectivity index (χ4n) is 1.45. The number of nitrogens with one attached hydrogen (secondary N) is 1. The Bertz CT molecular complexity index is 510. The van der Waals surface area contributed by atoms with Crippen LogP contribution in [0.3, 0.4) is 0 Å². The Labute approximate surface area is 114 Å². The van der Waals surface area contributed by atoms with Crippen molar-refractivity contribution in [2.45, 2.75) is 25.1 Å². The molecule has 0 atom stereocenters. The summed E-state index contributed by atoms with van der Waals surface area (Å²) in [7, 11) is 0. The second-order valence-electron chi connectivity index (χ2n) is 3.97. The molecule has 0 radical (unpaired) electrons. The van der Waals surface area contributed by atoms with E-state index in [1.807, 2.05) is 0 Å². The SMILES string of the molecule is N=C(N)c1cccc(COC(C(F)(F)F)C(F)(F)F)c1F. The fourth-order valence-corrected chi connectivity index (χ4v) is 1.45. The minimum Gasteiger partial charge on any atom is -0.384 e. The highest BCUT2D eigenvalue weighted by atomic mass is 19.4. The number of amidine groups is 1. The van der Waals surface area contributed by atoms with Crippen molar-refractivity contribution in [3.63, 3.8) is 0 Å². The minimum atomic E-state index is -5.67. The molecule has 10 heteroatoms. The van der Waals surface area contributed by atoms with Crippen molar-refractivity contribution in [2.75, 3.05) is 0 Å². The van der Waals surface area contributed by atoms with Gasteiger partial charge >= 0.3 is 12.4 Å². The number of benzene rings is 1. The van der Waals surface area contributed by atoms with Gasteiger partial charge in [0, 0.05) is 5.56 Å². The summed E-state index contributed by atoms with van der Waals surface area (Å²) < 4.78 is 90.9. The summed E-state index contributed by atoms with van der Waals surface area (Å²) in [6, 6.07) is 3.13. The van der Waals surface area contributed by atoms with Gasteiger partial charge < -0.3 is 10.5 Å². The molecule has 0 bridgehead atoms. The molecule has 1 aromatic rings. The van der Waals surface area contributed by atoms with E-state index in [4.69, 9.17) is 11.1 Å². The van der Waals surface area contributed by atoms with Crippen LogP contribution in [-0.4, -0.2) is 24.3 Å². The Morgan fingerprint density at radius 1 is 1.14 bits per heavy atom. The summed E-state index contributed by atoms with van der Waals surface area (Å²) in [5, 5.41) is 7.03. The minimum absolute atomic E-state index is 0.438. The number of nitrogen functional groups attached to an aromatic ring is 1. The predicted octanol–water partition coefficient (Wildman–Crippen LogP) is 3.12. The second kappa shape index (κ2) is 5.88. The Morgan fingerprint density at radius 3 is 2.10 bits per heavy atom. The van der Waals surface area contributed by atoms with E-state index >= 15 is 0 Å². The lowest BCUT2D eigenvalue weighted by atomic mass is 10.1. The van der Waals surface area contributed by atoms with Crippen LogP contribution in [0.1, 0.15) is 11.1 Å². The highest BCUT2D eigenvalue weighted by molar-refractivity contribution is 5.95. The number of hydrogen-bond acceptors (Lipinski definition) is 2. The number of alkyl halides is 6. The Morgan fingerprint density at radius 2 is 1.67 bits per heavy atom. The average molecular weight is 318 g/mol. The van der Waals surface area contributed by atoms with Crippen molar-refractivity contribution in [3.05, 3.63) is 35.1 Å². The summed E-state index contributed by atoms with van der Waals surface area (Å²) in [6.07, 6.45) is -15.4. The van der Waals surface area contributed by atoms with Gasteiger partial charge in [0.25, 0.3) is 0 Å². The zero-order valence-electron chi connectivity index (χ0n) is 10.1. The predicted molar refractivity (Wildman–Crippen MR) is 58.1 cm³/mol. The maximum atomic E-state index is 13.7. The zero-order valence-corrected chi connectivity index (χ0v) is 10.1. The lowest BCUT2D eigenvalue weighted by molar-refractivity contribution is -0.324. The quantitative estimate of drug-likeness (QED) is 0.509. The molecule has 0 unspecified atom stereocenters. The largest absolute Gasteiger partial charge is 0.423 e. The van der Waals surface area contributed by atoms with Crippen molar-refractivity contribution in [2.24, 2.45) is 5.73 Å². The molecule has 0 amide bonds. The van der Waals surface area contributed by atoms with Crippen LogP contribution in [0.25, 0.3) is 0 Å². The third-order valence-corrected chi connectivity index (χ3v) is 2.37. The van der Waals surface area contributed by atoms with E-state index in [1.165, 1.54) is 0 Å². The monoisotopic (exact) mass is 318 g/mol. The molecule has 0 heterocycles. The molecule has 0 aliphatic heterocycles. The average Bonchev–Trinajstić information content (AvgIpc) is 2.27. The summed E-state index contributed by atoms with van der Waals surface area (Å²) in [5.74, 6) is -1.91. The van der Waals surface area contributed by atoms with Gasteiger partial charge in [-0.1, -0.05) is 12.1 Å².